The number of nitrogens with two attached hydrogens (primary N) is 1. The van der Waals surface area contributed by atoms with Crippen molar-refractivity contribution in [3.05, 3.63) is 63.1 Å². The summed E-state index contributed by atoms with van der Waals surface area (Å²) in [7, 11) is 0. The lowest BCUT2D eigenvalue weighted by Crippen LogP contribution is -2.03. The largest absolute Gasteiger partial charge is 0.488 e. The van der Waals surface area contributed by atoms with Gasteiger partial charge >= 0.3 is 0 Å². The smallest absolute Gasteiger partial charge is 0.125 e. The van der Waals surface area contributed by atoms with Crippen LogP contribution in [0, 0.1) is 0 Å². The van der Waals surface area contributed by atoms with Gasteiger partial charge in [0.1, 0.15) is 12.4 Å². The highest BCUT2D eigenvalue weighted by Gasteiger charge is 2.07. The Balaban J connectivity index is 2.16. The third-order valence-electron chi connectivity index (χ3n) is 2.62. The van der Waals surface area contributed by atoms with Crippen molar-refractivity contribution in [1.82, 2.24) is 0 Å². The number of hydrogen-bond donors (Lipinski definition) is 1. The summed E-state index contributed by atoms with van der Waals surface area (Å²) in [5, 5.41) is 0.710. The van der Waals surface area contributed by atoms with Crippen LogP contribution in [0.25, 0.3) is 0 Å². The number of benzene rings is 2. The van der Waals surface area contributed by atoms with Crippen molar-refractivity contribution >= 4 is 27.5 Å². The zero-order valence-electron chi connectivity index (χ0n) is 9.70. The molecule has 0 aliphatic rings. The van der Waals surface area contributed by atoms with Gasteiger partial charge in [0.25, 0.3) is 0 Å². The molecule has 0 saturated heterocycles. The molecule has 0 unspecified atom stereocenters. The van der Waals surface area contributed by atoms with Crippen molar-refractivity contribution in [3.8, 4) is 5.75 Å². The number of rotatable bonds is 4. The van der Waals surface area contributed by atoms with Gasteiger partial charge in [-0.15, -0.1) is 0 Å². The molecule has 0 amide bonds. The summed E-state index contributed by atoms with van der Waals surface area (Å²) in [5.41, 5.74) is 7.64. The van der Waals surface area contributed by atoms with Crippen LogP contribution in [-0.4, -0.2) is 0 Å². The molecule has 0 bridgehead atoms. The fourth-order valence-electron chi connectivity index (χ4n) is 1.64. The van der Waals surface area contributed by atoms with Gasteiger partial charge in [-0.05, 0) is 18.2 Å². The third-order valence-corrected chi connectivity index (χ3v) is 3.73. The summed E-state index contributed by atoms with van der Waals surface area (Å²) < 4.78 is 6.74. The predicted molar refractivity (Wildman–Crippen MR) is 77.8 cm³/mol. The van der Waals surface area contributed by atoms with Crippen molar-refractivity contribution in [3.63, 3.8) is 0 Å². The molecule has 2 nitrogen and oxygen atoms in total. The lowest BCUT2D eigenvalue weighted by Gasteiger charge is -2.12. The molecular formula is C14H13BrClNO. The maximum atomic E-state index is 6.08. The molecule has 2 N–H and O–H groups in total. The van der Waals surface area contributed by atoms with Gasteiger partial charge in [-0.1, -0.05) is 51.8 Å². The standard InChI is InChI=1S/C14H13BrClNO/c15-12-5-3-7-14(11(12)8-17)18-9-10-4-1-2-6-13(10)16/h1-7H,8-9,17H2. The number of halogens is 2. The second kappa shape index (κ2) is 6.23. The SMILES string of the molecule is NCc1c(Br)cccc1OCc1ccccc1Cl. The first-order chi connectivity index (χ1) is 8.72. The predicted octanol–water partition coefficient (Wildman–Crippen LogP) is 4.14. The lowest BCUT2D eigenvalue weighted by atomic mass is 10.2. The molecule has 2 aromatic carbocycles. The number of ether oxygens (including phenoxy) is 1. The molecule has 18 heavy (non-hydrogen) atoms. The first-order valence-electron chi connectivity index (χ1n) is 5.56. The average Bonchev–Trinajstić information content (AvgIpc) is 2.38. The zero-order valence-corrected chi connectivity index (χ0v) is 12.0. The summed E-state index contributed by atoms with van der Waals surface area (Å²) in [6.45, 7) is 0.863. The van der Waals surface area contributed by atoms with Crippen molar-refractivity contribution in [1.29, 1.82) is 0 Å². The average molecular weight is 327 g/mol. The van der Waals surface area contributed by atoms with E-state index in [9.17, 15) is 0 Å². The molecule has 0 saturated carbocycles. The van der Waals surface area contributed by atoms with Crippen LogP contribution in [0.5, 0.6) is 5.75 Å². The van der Waals surface area contributed by atoms with E-state index < -0.39 is 0 Å². The van der Waals surface area contributed by atoms with Gasteiger partial charge in [-0.25, -0.2) is 0 Å². The minimum Gasteiger partial charge on any atom is -0.488 e. The molecule has 4 heteroatoms. The van der Waals surface area contributed by atoms with Crippen LogP contribution < -0.4 is 10.5 Å². The second-order valence-corrected chi connectivity index (χ2v) is 5.06. The molecule has 0 fully saturated rings. The summed E-state index contributed by atoms with van der Waals surface area (Å²) in [6, 6.07) is 13.4. The molecule has 94 valence electrons. The zero-order chi connectivity index (χ0) is 13.0. The van der Waals surface area contributed by atoms with Gasteiger partial charge in [0.2, 0.25) is 0 Å². The highest BCUT2D eigenvalue weighted by Crippen LogP contribution is 2.27. The van der Waals surface area contributed by atoms with E-state index in [1.54, 1.807) is 0 Å². The third kappa shape index (κ3) is 3.05. The monoisotopic (exact) mass is 325 g/mol. The Kier molecular flexibility index (Phi) is 4.64. The van der Waals surface area contributed by atoms with E-state index in [1.807, 2.05) is 42.5 Å². The fraction of sp³-hybridized carbons (Fsp3) is 0.143. The van der Waals surface area contributed by atoms with Gasteiger partial charge in [-0.3, -0.25) is 0 Å². The Morgan fingerprint density at radius 3 is 2.61 bits per heavy atom. The van der Waals surface area contributed by atoms with Crippen LogP contribution in [0.15, 0.2) is 46.9 Å². The topological polar surface area (TPSA) is 35.2 Å². The summed E-state index contributed by atoms with van der Waals surface area (Å²) in [6.07, 6.45) is 0. The Bertz CT molecular complexity index is 545. The molecule has 0 aliphatic carbocycles. The first kappa shape index (κ1) is 13.4. The molecule has 0 aliphatic heterocycles. The van der Waals surface area contributed by atoms with E-state index in [4.69, 9.17) is 22.1 Å². The molecule has 0 radical (unpaired) electrons. The summed E-state index contributed by atoms with van der Waals surface area (Å²) in [5.74, 6) is 0.784. The Labute approximate surface area is 120 Å². The van der Waals surface area contributed by atoms with Crippen molar-refractivity contribution < 1.29 is 4.74 Å². The molecule has 0 spiro atoms. The van der Waals surface area contributed by atoms with Crippen molar-refractivity contribution in [2.45, 2.75) is 13.2 Å². The highest BCUT2D eigenvalue weighted by molar-refractivity contribution is 9.10. The highest BCUT2D eigenvalue weighted by atomic mass is 79.9. The van der Waals surface area contributed by atoms with E-state index in [1.165, 1.54) is 0 Å². The van der Waals surface area contributed by atoms with Gasteiger partial charge in [0.05, 0.1) is 0 Å². The van der Waals surface area contributed by atoms with Crippen LogP contribution in [0.2, 0.25) is 5.02 Å². The van der Waals surface area contributed by atoms with Crippen molar-refractivity contribution in [2.75, 3.05) is 0 Å². The van der Waals surface area contributed by atoms with E-state index >= 15 is 0 Å². The molecule has 0 heterocycles. The van der Waals surface area contributed by atoms with E-state index in [0.717, 1.165) is 21.3 Å². The molecule has 2 aromatic rings. The van der Waals surface area contributed by atoms with Gasteiger partial charge < -0.3 is 10.5 Å². The minimum absolute atomic E-state index is 0.430. The number of hydrogen-bond acceptors (Lipinski definition) is 2. The summed E-state index contributed by atoms with van der Waals surface area (Å²) in [4.78, 5) is 0. The van der Waals surface area contributed by atoms with Gasteiger partial charge in [-0.2, -0.15) is 0 Å². The van der Waals surface area contributed by atoms with Crippen LogP contribution in [0.1, 0.15) is 11.1 Å². The Hall–Kier alpha value is -1.03. The second-order valence-electron chi connectivity index (χ2n) is 3.80. The lowest BCUT2D eigenvalue weighted by molar-refractivity contribution is 0.303. The van der Waals surface area contributed by atoms with Crippen LogP contribution in [-0.2, 0) is 13.2 Å². The minimum atomic E-state index is 0.430. The summed E-state index contributed by atoms with van der Waals surface area (Å²) >= 11 is 9.54. The maximum absolute atomic E-state index is 6.08. The van der Waals surface area contributed by atoms with Crippen molar-refractivity contribution in [2.24, 2.45) is 5.73 Å². The van der Waals surface area contributed by atoms with Gasteiger partial charge in [0, 0.05) is 27.2 Å². The van der Waals surface area contributed by atoms with E-state index in [2.05, 4.69) is 15.9 Å². The van der Waals surface area contributed by atoms with Crippen LogP contribution in [0.4, 0.5) is 0 Å². The Morgan fingerprint density at radius 2 is 1.89 bits per heavy atom. The Morgan fingerprint density at radius 1 is 1.11 bits per heavy atom. The van der Waals surface area contributed by atoms with Crippen LogP contribution in [0.3, 0.4) is 0 Å². The molecule has 2 rings (SSSR count). The molecule has 0 aromatic heterocycles. The first-order valence-corrected chi connectivity index (χ1v) is 6.73. The molecule has 0 atom stereocenters. The fourth-order valence-corrected chi connectivity index (χ4v) is 2.34. The van der Waals surface area contributed by atoms with E-state index in [0.29, 0.717) is 18.2 Å². The van der Waals surface area contributed by atoms with E-state index in [-0.39, 0.29) is 0 Å². The normalized spacial score (nSPS) is 10.4. The van der Waals surface area contributed by atoms with Crippen LogP contribution >= 0.6 is 27.5 Å². The quantitative estimate of drug-likeness (QED) is 0.916. The van der Waals surface area contributed by atoms with Gasteiger partial charge in [0.15, 0.2) is 0 Å². The molecular weight excluding hydrogens is 314 g/mol. The maximum Gasteiger partial charge on any atom is 0.125 e.